The average Bonchev–Trinajstić information content (AvgIpc) is 2.80. The van der Waals surface area contributed by atoms with E-state index < -0.39 is 21.9 Å². The van der Waals surface area contributed by atoms with E-state index in [4.69, 9.17) is 9.52 Å². The Morgan fingerprint density at radius 3 is 2.50 bits per heavy atom. The Morgan fingerprint density at radius 1 is 1.32 bits per heavy atom. The van der Waals surface area contributed by atoms with Crippen molar-refractivity contribution in [3.05, 3.63) is 17.4 Å². The van der Waals surface area contributed by atoms with Gasteiger partial charge in [0.05, 0.1) is 5.56 Å². The number of unbranched alkanes of at least 4 members (excludes halogenated alkanes) is 1. The SMILES string of the molecule is Cc1oc(S(=O)(=O)N(C)C)cc1C(=O)NCCCCC(=O)O. The molecule has 0 aliphatic rings. The summed E-state index contributed by atoms with van der Waals surface area (Å²) in [5, 5.41) is 10.8. The van der Waals surface area contributed by atoms with E-state index in [-0.39, 0.29) is 22.8 Å². The maximum absolute atomic E-state index is 12.0. The molecule has 0 radical (unpaired) electrons. The first-order valence-electron chi connectivity index (χ1n) is 6.69. The molecule has 0 aromatic carbocycles. The van der Waals surface area contributed by atoms with Gasteiger partial charge in [0.15, 0.2) is 0 Å². The van der Waals surface area contributed by atoms with Crippen LogP contribution in [0.25, 0.3) is 0 Å². The molecule has 124 valence electrons. The second kappa shape index (κ2) is 7.41. The van der Waals surface area contributed by atoms with Crippen molar-refractivity contribution in [2.24, 2.45) is 0 Å². The highest BCUT2D eigenvalue weighted by atomic mass is 32.2. The Hall–Kier alpha value is -1.87. The van der Waals surface area contributed by atoms with Gasteiger partial charge in [-0.05, 0) is 19.8 Å². The third kappa shape index (κ3) is 4.57. The molecular weight excluding hydrogens is 312 g/mol. The number of carboxylic acids is 1. The van der Waals surface area contributed by atoms with Crippen LogP contribution >= 0.6 is 0 Å². The second-order valence-electron chi connectivity index (χ2n) is 4.93. The summed E-state index contributed by atoms with van der Waals surface area (Å²) in [6, 6.07) is 1.19. The minimum absolute atomic E-state index is 0.0475. The summed E-state index contributed by atoms with van der Waals surface area (Å²) in [7, 11) is -0.988. The molecule has 8 nitrogen and oxygen atoms in total. The fourth-order valence-electron chi connectivity index (χ4n) is 1.69. The lowest BCUT2D eigenvalue weighted by molar-refractivity contribution is -0.137. The predicted molar refractivity (Wildman–Crippen MR) is 78.1 cm³/mol. The average molecular weight is 332 g/mol. The predicted octanol–water partition coefficient (Wildman–Crippen LogP) is 0.823. The molecular formula is C13H20N2O6S. The van der Waals surface area contributed by atoms with Gasteiger partial charge in [-0.25, -0.2) is 12.7 Å². The number of carboxylic acid groups (broad SMARTS) is 1. The summed E-state index contributed by atoms with van der Waals surface area (Å²) in [5.41, 5.74) is 0.152. The van der Waals surface area contributed by atoms with Crippen molar-refractivity contribution in [1.29, 1.82) is 0 Å². The Kier molecular flexibility index (Phi) is 6.12. The summed E-state index contributed by atoms with van der Waals surface area (Å²) < 4.78 is 30.0. The minimum atomic E-state index is -3.73. The van der Waals surface area contributed by atoms with Crippen LogP contribution in [0.15, 0.2) is 15.6 Å². The number of amides is 1. The van der Waals surface area contributed by atoms with Gasteiger partial charge in [-0.3, -0.25) is 9.59 Å². The molecule has 1 aromatic rings. The van der Waals surface area contributed by atoms with Gasteiger partial charge in [-0.15, -0.1) is 0 Å². The summed E-state index contributed by atoms with van der Waals surface area (Å²) in [6.45, 7) is 1.82. The molecule has 1 aromatic heterocycles. The third-order valence-electron chi connectivity index (χ3n) is 2.98. The lowest BCUT2D eigenvalue weighted by atomic mass is 10.2. The van der Waals surface area contributed by atoms with Crippen LogP contribution in [0.3, 0.4) is 0 Å². The maximum Gasteiger partial charge on any atom is 0.303 e. The van der Waals surface area contributed by atoms with E-state index in [0.29, 0.717) is 19.4 Å². The van der Waals surface area contributed by atoms with Crippen LogP contribution in [0.1, 0.15) is 35.4 Å². The summed E-state index contributed by atoms with van der Waals surface area (Å²) in [5.74, 6) is -1.12. The molecule has 0 unspecified atom stereocenters. The number of carbonyl (C=O) groups is 2. The molecule has 2 N–H and O–H groups in total. The van der Waals surface area contributed by atoms with Gasteiger partial charge in [-0.1, -0.05) is 0 Å². The second-order valence-corrected chi connectivity index (χ2v) is 7.01. The smallest absolute Gasteiger partial charge is 0.303 e. The zero-order valence-corrected chi connectivity index (χ0v) is 13.6. The molecule has 0 bridgehead atoms. The van der Waals surface area contributed by atoms with Crippen LogP contribution in [-0.4, -0.2) is 50.3 Å². The summed E-state index contributed by atoms with van der Waals surface area (Å²) in [4.78, 5) is 22.3. The molecule has 0 saturated carbocycles. The number of aryl methyl sites for hydroxylation is 1. The van der Waals surface area contributed by atoms with Crippen LogP contribution in [0.2, 0.25) is 0 Å². The van der Waals surface area contributed by atoms with Crippen molar-refractivity contribution in [2.45, 2.75) is 31.3 Å². The number of aliphatic carboxylic acids is 1. The van der Waals surface area contributed by atoms with Gasteiger partial charge >= 0.3 is 5.97 Å². The fourth-order valence-corrected chi connectivity index (χ4v) is 2.54. The van der Waals surface area contributed by atoms with Crippen LogP contribution in [-0.2, 0) is 14.8 Å². The first kappa shape index (κ1) is 18.2. The molecule has 1 heterocycles. The molecule has 0 aliphatic carbocycles. The van der Waals surface area contributed by atoms with E-state index in [9.17, 15) is 18.0 Å². The number of hydrogen-bond donors (Lipinski definition) is 2. The standard InChI is InChI=1S/C13H20N2O6S/c1-9-10(8-12(21-9)22(19,20)15(2)3)13(18)14-7-5-4-6-11(16)17/h8H,4-7H2,1-3H3,(H,14,18)(H,16,17). The summed E-state index contributed by atoms with van der Waals surface area (Å²) >= 11 is 0. The molecule has 22 heavy (non-hydrogen) atoms. The Labute approximate surface area is 129 Å². The number of nitrogens with zero attached hydrogens (tertiary/aromatic N) is 1. The quantitative estimate of drug-likeness (QED) is 0.681. The van der Waals surface area contributed by atoms with Gasteiger partial charge in [0.2, 0.25) is 5.09 Å². The van der Waals surface area contributed by atoms with Gasteiger partial charge < -0.3 is 14.8 Å². The molecule has 0 aliphatic heterocycles. The van der Waals surface area contributed by atoms with Crippen LogP contribution in [0.5, 0.6) is 0 Å². The third-order valence-corrected chi connectivity index (χ3v) is 4.65. The molecule has 9 heteroatoms. The van der Waals surface area contributed by atoms with Crippen LogP contribution in [0, 0.1) is 6.92 Å². The molecule has 1 rings (SSSR count). The monoisotopic (exact) mass is 332 g/mol. The van der Waals surface area contributed by atoms with Crippen molar-refractivity contribution < 1.29 is 27.5 Å². The number of carbonyl (C=O) groups excluding carboxylic acids is 1. The van der Waals surface area contributed by atoms with E-state index in [1.165, 1.54) is 27.1 Å². The molecule has 0 fully saturated rings. The highest BCUT2D eigenvalue weighted by molar-refractivity contribution is 7.88. The van der Waals surface area contributed by atoms with Crippen LogP contribution in [0.4, 0.5) is 0 Å². The van der Waals surface area contributed by atoms with Crippen molar-refractivity contribution >= 4 is 21.9 Å². The molecule has 1 amide bonds. The van der Waals surface area contributed by atoms with Crippen molar-refractivity contribution in [1.82, 2.24) is 9.62 Å². The normalized spacial score (nSPS) is 11.6. The van der Waals surface area contributed by atoms with E-state index in [1.54, 1.807) is 0 Å². The topological polar surface area (TPSA) is 117 Å². The Bertz CT molecular complexity index is 647. The molecule has 0 saturated heterocycles. The van der Waals surface area contributed by atoms with Gasteiger partial charge in [-0.2, -0.15) is 0 Å². The van der Waals surface area contributed by atoms with Crippen molar-refractivity contribution in [2.75, 3.05) is 20.6 Å². The van der Waals surface area contributed by atoms with E-state index in [2.05, 4.69) is 5.32 Å². The number of nitrogens with one attached hydrogen (secondary N) is 1. The molecule has 0 spiro atoms. The lowest BCUT2D eigenvalue weighted by Crippen LogP contribution is -2.25. The van der Waals surface area contributed by atoms with E-state index >= 15 is 0 Å². The number of rotatable bonds is 8. The largest absolute Gasteiger partial charge is 0.481 e. The number of hydrogen-bond acceptors (Lipinski definition) is 5. The van der Waals surface area contributed by atoms with E-state index in [1.807, 2.05) is 0 Å². The Morgan fingerprint density at radius 2 is 1.95 bits per heavy atom. The van der Waals surface area contributed by atoms with Crippen molar-refractivity contribution in [3.8, 4) is 0 Å². The van der Waals surface area contributed by atoms with E-state index in [0.717, 1.165) is 4.31 Å². The zero-order chi connectivity index (χ0) is 16.9. The summed E-state index contributed by atoms with van der Waals surface area (Å²) in [6.07, 6.45) is 1.03. The van der Waals surface area contributed by atoms with Crippen LogP contribution < -0.4 is 5.32 Å². The molecule has 0 atom stereocenters. The van der Waals surface area contributed by atoms with Gasteiger partial charge in [0.1, 0.15) is 5.76 Å². The number of sulfonamides is 1. The maximum atomic E-state index is 12.0. The zero-order valence-electron chi connectivity index (χ0n) is 12.7. The number of furan rings is 1. The highest BCUT2D eigenvalue weighted by Gasteiger charge is 2.25. The van der Waals surface area contributed by atoms with Crippen molar-refractivity contribution in [3.63, 3.8) is 0 Å². The Balaban J connectivity index is 2.68. The fraction of sp³-hybridized carbons (Fsp3) is 0.538. The first-order chi connectivity index (χ1) is 10.2. The minimum Gasteiger partial charge on any atom is -0.481 e. The lowest BCUT2D eigenvalue weighted by Gasteiger charge is -2.07. The van der Waals surface area contributed by atoms with Gasteiger partial charge in [0.25, 0.3) is 15.9 Å². The first-order valence-corrected chi connectivity index (χ1v) is 8.13. The van der Waals surface area contributed by atoms with Gasteiger partial charge in [0, 0.05) is 33.1 Å². The highest BCUT2D eigenvalue weighted by Crippen LogP contribution is 2.21.